The zero-order valence-electron chi connectivity index (χ0n) is 27.9. The average molecular weight is 882 g/mol. The Morgan fingerprint density at radius 3 is 0.308 bits per heavy atom. The summed E-state index contributed by atoms with van der Waals surface area (Å²) in [7, 11) is 0. The molecule has 0 atom stereocenters. The van der Waals surface area contributed by atoms with E-state index >= 15 is 0 Å². The van der Waals surface area contributed by atoms with E-state index in [-0.39, 0.29) is 54.9 Å². The first-order chi connectivity index (χ1) is 21.9. The van der Waals surface area contributed by atoms with Crippen molar-refractivity contribution >= 4 is 0 Å². The molecule has 0 aromatic carbocycles. The van der Waals surface area contributed by atoms with Crippen molar-refractivity contribution < 1.29 is 123 Å². The van der Waals surface area contributed by atoms with Crippen molar-refractivity contribution in [2.75, 3.05) is 132 Å². The van der Waals surface area contributed by atoms with Crippen molar-refractivity contribution in [3.8, 4) is 0 Å². The minimum absolute atomic E-state index is 0. The fourth-order valence-corrected chi connectivity index (χ4v) is 2.20. The summed E-state index contributed by atoms with van der Waals surface area (Å²) in [5, 5.41) is 59.0. The molecule has 0 saturated carbocycles. The zero-order valence-corrected chi connectivity index (χ0v) is 29.8. The van der Waals surface area contributed by atoms with Crippen LogP contribution >= 0.6 is 0 Å². The molecule has 52 heavy (non-hydrogen) atoms. The van der Waals surface area contributed by atoms with Crippen LogP contribution in [0.3, 0.4) is 0 Å². The largest absolute Gasteiger partial charge is 2.00 e. The summed E-state index contributed by atoms with van der Waals surface area (Å²) in [6, 6.07) is 0. The monoisotopic (exact) mass is 880 g/mol. The third kappa shape index (κ3) is 136. The average Bonchev–Trinajstić information content (AvgIpc) is 2.96. The van der Waals surface area contributed by atoms with Gasteiger partial charge in [-0.15, -0.1) is 0 Å². The van der Waals surface area contributed by atoms with Gasteiger partial charge in [0.25, 0.3) is 0 Å². The number of ether oxygens (including phenoxy) is 10. The maximum atomic E-state index is 8.25. The smallest absolute Gasteiger partial charge is 0.457 e. The maximum Gasteiger partial charge on any atom is 2.00 e. The van der Waals surface area contributed by atoms with Gasteiger partial charge in [-0.3, -0.25) is 0 Å². The maximum absolute atomic E-state index is 8.25. The Morgan fingerprint density at radius 1 is 0.231 bits per heavy atom. The molecule has 32 heteroatoms. The Bertz CT molecular complexity index is 472. The molecule has 2 aliphatic heterocycles. The van der Waals surface area contributed by atoms with E-state index in [1.807, 2.05) is 0 Å². The molecule has 30 nitrogen and oxygen atoms in total. The molecule has 324 valence electrons. The molecule has 2 saturated heterocycles. The molecule has 2 aliphatic rings. The van der Waals surface area contributed by atoms with Crippen molar-refractivity contribution in [1.29, 1.82) is 0 Å². The topological polar surface area (TPSA) is 489 Å². The molecule has 0 aliphatic carbocycles. The van der Waals surface area contributed by atoms with Gasteiger partial charge in [-0.1, -0.05) is 0 Å². The van der Waals surface area contributed by atoms with Gasteiger partial charge < -0.3 is 131 Å². The molecule has 0 amide bonds. The summed E-state index contributed by atoms with van der Waals surface area (Å²) >= 11 is 0. The Morgan fingerprint density at radius 2 is 0.269 bits per heavy atom. The van der Waals surface area contributed by atoms with Crippen LogP contribution in [0.1, 0.15) is 0 Å². The van der Waals surface area contributed by atoms with Gasteiger partial charge in [0.05, 0.1) is 152 Å². The van der Waals surface area contributed by atoms with E-state index < -0.39 is 20.3 Å². The fourth-order valence-electron chi connectivity index (χ4n) is 2.20. The van der Waals surface area contributed by atoms with E-state index in [4.69, 9.17) is 109 Å². The third-order valence-corrected chi connectivity index (χ3v) is 3.72. The van der Waals surface area contributed by atoms with Crippen LogP contribution in [0.2, 0.25) is 0 Å². The van der Waals surface area contributed by atoms with Crippen LogP contribution in [0.4, 0.5) is 0 Å². The Hall–Kier alpha value is -2.77. The van der Waals surface area contributed by atoms with E-state index in [2.05, 4.69) is 0 Å². The van der Waals surface area contributed by atoms with E-state index in [9.17, 15) is 0 Å². The molecule has 0 spiro atoms. The van der Waals surface area contributed by atoms with Crippen molar-refractivity contribution in [2.24, 2.45) is 0 Å². The van der Waals surface area contributed by atoms with Crippen LogP contribution in [0, 0.1) is 61.3 Å². The van der Waals surface area contributed by atoms with Crippen LogP contribution in [-0.2, 0) is 102 Å². The predicted molar refractivity (Wildman–Crippen MR) is 169 cm³/mol. The van der Waals surface area contributed by atoms with E-state index in [1.165, 1.54) is 0 Å². The van der Waals surface area contributed by atoms with Gasteiger partial charge >= 0.3 is 33.0 Å². The summed E-state index contributed by atoms with van der Waals surface area (Å²) < 4.78 is 52.8. The molecule has 0 aromatic rings. The molecule has 0 unspecified atom stereocenters. The van der Waals surface area contributed by atoms with Crippen LogP contribution in [-0.4, -0.2) is 152 Å². The number of hydrogen-bond donors (Lipinski definition) is 0. The molecule has 12 N–H and O–H groups in total. The van der Waals surface area contributed by atoms with Crippen molar-refractivity contribution in [3.05, 3.63) is 61.3 Å². The van der Waals surface area contributed by atoms with Gasteiger partial charge in [0.1, 0.15) is 0 Å². The van der Waals surface area contributed by atoms with E-state index in [0.717, 1.165) is 0 Å². The molecule has 0 radical (unpaired) electrons. The van der Waals surface area contributed by atoms with E-state index in [1.54, 1.807) is 0 Å². The van der Waals surface area contributed by atoms with Crippen molar-refractivity contribution in [1.82, 2.24) is 0 Å². The first-order valence-electron chi connectivity index (χ1n) is 13.0. The Labute approximate surface area is 315 Å². The molecule has 2 rings (SSSR count). The van der Waals surface area contributed by atoms with Crippen molar-refractivity contribution in [2.45, 2.75) is 0 Å². The summed E-state index contributed by atoms with van der Waals surface area (Å²) in [6.07, 6.45) is 0. The summed E-state index contributed by atoms with van der Waals surface area (Å²) in [5.74, 6) is 0. The van der Waals surface area contributed by atoms with Crippen LogP contribution in [0.15, 0.2) is 0 Å². The molecular formula is C20H52N4Ni2O26+4. The quantitative estimate of drug-likeness (QED) is 0.0957. The van der Waals surface area contributed by atoms with Gasteiger partial charge in [0.15, 0.2) is 0 Å². The molecule has 0 bridgehead atoms. The van der Waals surface area contributed by atoms with E-state index in [0.29, 0.717) is 132 Å². The molecule has 2 heterocycles. The summed E-state index contributed by atoms with van der Waals surface area (Å²) in [5.41, 5.74) is 0. The van der Waals surface area contributed by atoms with Gasteiger partial charge in [-0.2, -0.15) is 0 Å². The fraction of sp³-hybridized carbons (Fsp3) is 1.00. The normalized spacial score (nSPS) is 15.7. The van der Waals surface area contributed by atoms with Gasteiger partial charge in [0.2, 0.25) is 0 Å². The minimum Gasteiger partial charge on any atom is -0.457 e. The molecular weight excluding hydrogens is 830 g/mol. The third-order valence-electron chi connectivity index (χ3n) is 3.72. The summed E-state index contributed by atoms with van der Waals surface area (Å²) in [4.78, 5) is 33.0. The number of hydrogen-bond acceptors (Lipinski definition) is 22. The second kappa shape index (κ2) is 69.9. The van der Waals surface area contributed by atoms with Crippen LogP contribution < -0.4 is 0 Å². The first-order valence-corrected chi connectivity index (χ1v) is 13.0. The van der Waals surface area contributed by atoms with Gasteiger partial charge in [-0.25, -0.2) is 0 Å². The van der Waals surface area contributed by atoms with Gasteiger partial charge in [-0.05, 0) is 0 Å². The second-order valence-electron chi connectivity index (χ2n) is 7.02. The first kappa shape index (κ1) is 74.4. The second-order valence-corrected chi connectivity index (χ2v) is 7.02. The molecule has 0 aromatic heterocycles. The van der Waals surface area contributed by atoms with Crippen LogP contribution in [0.25, 0.3) is 0 Å². The molecule has 2 fully saturated rings. The zero-order chi connectivity index (χ0) is 35.5. The van der Waals surface area contributed by atoms with Gasteiger partial charge in [0, 0.05) is 0 Å². The van der Waals surface area contributed by atoms with Crippen molar-refractivity contribution in [3.63, 3.8) is 0 Å². The Kier molecular flexibility index (Phi) is 100. The summed E-state index contributed by atoms with van der Waals surface area (Å²) in [6.45, 7) is 12.2. The Balaban J connectivity index is -0.0000000557. The SMILES string of the molecule is C1COCCOCCOCCOCCO1.C1COCCOCCOCCOCCO1.O=[N+]([O-])[O-].O=[N+]([O-])[O-].O=[N+]([O-])[O-].O=[N+]([O-])[O-].[Ni+2].[Ni+2].[OH3+].[OH3+].[OH3+].[OH3+]. The minimum atomic E-state index is -1.75. The van der Waals surface area contributed by atoms with Crippen LogP contribution in [0.5, 0.6) is 0 Å². The predicted octanol–water partition coefficient (Wildman–Crippen LogP) is -4.48. The standard InChI is InChI=1S/2C10H20O5.4NO3.2Ni.4H2O/c2*1-2-12-5-6-14-9-10-15-8-7-13-4-3-11-1;4*2-1(3)4;;;;;;/h2*1-10H2;;;;;;;4*1H2/q;;4*-1;2*+2;;;;/p+4. The number of nitrogens with zero attached hydrogens (tertiary/aromatic N) is 4. The number of rotatable bonds is 0.